The van der Waals surface area contributed by atoms with E-state index in [2.05, 4.69) is 44.8 Å². The van der Waals surface area contributed by atoms with Crippen LogP contribution < -0.4 is 5.32 Å². The molecule has 1 aliphatic carbocycles. The Kier molecular flexibility index (Phi) is 4.62. The molecule has 2 nitrogen and oxygen atoms in total. The normalized spacial score (nSPS) is 30.5. The van der Waals surface area contributed by atoms with Gasteiger partial charge >= 0.3 is 0 Å². The van der Waals surface area contributed by atoms with Crippen LogP contribution in [0.15, 0.2) is 0 Å². The predicted octanol–water partition coefficient (Wildman–Crippen LogP) is 3.67. The standard InChI is InChI=1S/C17H34N2/c1-14(16(3,4)5)12-19-13-17(18-11-15(19)2)9-7-6-8-10-17/h14-15,18H,6-13H2,1-5H3. The van der Waals surface area contributed by atoms with Crippen molar-refractivity contribution in [1.82, 2.24) is 10.2 Å². The van der Waals surface area contributed by atoms with Gasteiger partial charge in [-0.2, -0.15) is 0 Å². The molecule has 2 unspecified atom stereocenters. The monoisotopic (exact) mass is 266 g/mol. The van der Waals surface area contributed by atoms with Crippen LogP contribution in [0.25, 0.3) is 0 Å². The van der Waals surface area contributed by atoms with E-state index in [9.17, 15) is 0 Å². The third-order valence-corrected chi connectivity index (χ3v) is 5.70. The highest BCUT2D eigenvalue weighted by atomic mass is 15.3. The van der Waals surface area contributed by atoms with Crippen molar-refractivity contribution in [2.45, 2.75) is 78.3 Å². The van der Waals surface area contributed by atoms with Crippen molar-refractivity contribution in [3.8, 4) is 0 Å². The van der Waals surface area contributed by atoms with Gasteiger partial charge in [0.1, 0.15) is 0 Å². The molecular formula is C17H34N2. The molecule has 2 heteroatoms. The van der Waals surface area contributed by atoms with E-state index in [-0.39, 0.29) is 0 Å². The van der Waals surface area contributed by atoms with E-state index in [1.165, 1.54) is 51.7 Å². The molecule has 2 aliphatic rings. The third kappa shape index (κ3) is 3.72. The molecule has 0 aromatic carbocycles. The summed E-state index contributed by atoms with van der Waals surface area (Å²) in [5, 5.41) is 3.88. The molecule has 112 valence electrons. The maximum atomic E-state index is 3.88. The van der Waals surface area contributed by atoms with E-state index in [0.717, 1.165) is 5.92 Å². The number of hydrogen-bond acceptors (Lipinski definition) is 2. The summed E-state index contributed by atoms with van der Waals surface area (Å²) in [7, 11) is 0. The van der Waals surface area contributed by atoms with Crippen molar-refractivity contribution in [2.24, 2.45) is 11.3 Å². The zero-order valence-electron chi connectivity index (χ0n) is 13.8. The fraction of sp³-hybridized carbons (Fsp3) is 1.00. The van der Waals surface area contributed by atoms with Gasteiger partial charge in [-0.1, -0.05) is 47.0 Å². The number of piperazine rings is 1. The maximum absolute atomic E-state index is 3.88. The first-order chi connectivity index (χ1) is 8.82. The molecule has 2 atom stereocenters. The van der Waals surface area contributed by atoms with Gasteiger partial charge in [-0.3, -0.25) is 4.90 Å². The molecule has 2 fully saturated rings. The zero-order chi connectivity index (χ0) is 14.1. The number of nitrogens with one attached hydrogen (secondary N) is 1. The van der Waals surface area contributed by atoms with Gasteiger partial charge in [-0.05, 0) is 31.1 Å². The predicted molar refractivity (Wildman–Crippen MR) is 83.5 cm³/mol. The van der Waals surface area contributed by atoms with Crippen molar-refractivity contribution in [2.75, 3.05) is 19.6 Å². The lowest BCUT2D eigenvalue weighted by Crippen LogP contribution is -2.64. The van der Waals surface area contributed by atoms with Gasteiger partial charge in [0.25, 0.3) is 0 Å². The van der Waals surface area contributed by atoms with Crippen LogP contribution in [0, 0.1) is 11.3 Å². The molecule has 19 heavy (non-hydrogen) atoms. The van der Waals surface area contributed by atoms with Gasteiger partial charge in [0.05, 0.1) is 0 Å². The van der Waals surface area contributed by atoms with Crippen molar-refractivity contribution in [1.29, 1.82) is 0 Å². The van der Waals surface area contributed by atoms with E-state index in [1.807, 2.05) is 0 Å². The molecule has 1 aliphatic heterocycles. The van der Waals surface area contributed by atoms with Crippen LogP contribution in [-0.2, 0) is 0 Å². The molecule has 0 aromatic heterocycles. The minimum Gasteiger partial charge on any atom is -0.308 e. The highest BCUT2D eigenvalue weighted by molar-refractivity contribution is 4.99. The smallest absolute Gasteiger partial charge is 0.0309 e. The largest absolute Gasteiger partial charge is 0.308 e. The Balaban J connectivity index is 1.98. The van der Waals surface area contributed by atoms with Gasteiger partial charge in [-0.25, -0.2) is 0 Å². The SMILES string of the molecule is CC1CNC2(CCCCC2)CN1CC(C)C(C)(C)C. The van der Waals surface area contributed by atoms with Gasteiger partial charge in [0.15, 0.2) is 0 Å². The molecule has 1 saturated carbocycles. The fourth-order valence-electron chi connectivity index (χ4n) is 3.53. The molecule has 0 bridgehead atoms. The summed E-state index contributed by atoms with van der Waals surface area (Å²) in [5.74, 6) is 0.758. The van der Waals surface area contributed by atoms with Gasteiger partial charge in [-0.15, -0.1) is 0 Å². The van der Waals surface area contributed by atoms with Crippen LogP contribution in [0.5, 0.6) is 0 Å². The minimum atomic E-state index is 0.421. The summed E-state index contributed by atoms with van der Waals surface area (Å²) in [6.07, 6.45) is 7.06. The van der Waals surface area contributed by atoms with E-state index in [0.29, 0.717) is 17.0 Å². The van der Waals surface area contributed by atoms with E-state index >= 15 is 0 Å². The topological polar surface area (TPSA) is 15.3 Å². The first-order valence-corrected chi connectivity index (χ1v) is 8.31. The Morgan fingerprint density at radius 3 is 2.42 bits per heavy atom. The Morgan fingerprint density at radius 2 is 1.84 bits per heavy atom. The van der Waals surface area contributed by atoms with Crippen molar-refractivity contribution in [3.63, 3.8) is 0 Å². The number of rotatable bonds is 2. The van der Waals surface area contributed by atoms with Crippen molar-refractivity contribution < 1.29 is 0 Å². The van der Waals surface area contributed by atoms with Gasteiger partial charge in [0, 0.05) is 31.2 Å². The molecule has 1 N–H and O–H groups in total. The van der Waals surface area contributed by atoms with E-state index < -0.39 is 0 Å². The first kappa shape index (κ1) is 15.3. The Labute approximate surface area is 120 Å². The van der Waals surface area contributed by atoms with E-state index in [1.54, 1.807) is 0 Å². The Morgan fingerprint density at radius 1 is 1.21 bits per heavy atom. The minimum absolute atomic E-state index is 0.421. The summed E-state index contributed by atoms with van der Waals surface area (Å²) in [6, 6.07) is 0.692. The quantitative estimate of drug-likeness (QED) is 0.820. The van der Waals surface area contributed by atoms with Crippen LogP contribution >= 0.6 is 0 Å². The maximum Gasteiger partial charge on any atom is 0.0309 e. The molecule has 2 rings (SSSR count). The highest BCUT2D eigenvalue weighted by Crippen LogP contribution is 2.33. The summed E-state index contributed by atoms with van der Waals surface area (Å²) in [5.41, 5.74) is 0.868. The Bertz CT molecular complexity index is 286. The summed E-state index contributed by atoms with van der Waals surface area (Å²) in [6.45, 7) is 15.6. The third-order valence-electron chi connectivity index (χ3n) is 5.70. The second-order valence-corrected chi connectivity index (χ2v) is 8.27. The van der Waals surface area contributed by atoms with Gasteiger partial charge < -0.3 is 5.32 Å². The Hall–Kier alpha value is -0.0800. The van der Waals surface area contributed by atoms with Crippen molar-refractivity contribution in [3.05, 3.63) is 0 Å². The second-order valence-electron chi connectivity index (χ2n) is 8.27. The van der Waals surface area contributed by atoms with Crippen LogP contribution in [0.2, 0.25) is 0 Å². The average Bonchev–Trinajstić information content (AvgIpc) is 2.34. The number of hydrogen-bond donors (Lipinski definition) is 1. The van der Waals surface area contributed by atoms with Crippen molar-refractivity contribution >= 4 is 0 Å². The van der Waals surface area contributed by atoms with E-state index in [4.69, 9.17) is 0 Å². The highest BCUT2D eigenvalue weighted by Gasteiger charge is 2.39. The summed E-state index contributed by atoms with van der Waals surface area (Å²) in [4.78, 5) is 2.76. The molecule has 0 aromatic rings. The molecule has 1 spiro atoms. The fourth-order valence-corrected chi connectivity index (χ4v) is 3.53. The first-order valence-electron chi connectivity index (χ1n) is 8.31. The van der Waals surface area contributed by atoms with Crippen LogP contribution in [0.3, 0.4) is 0 Å². The molecule has 1 saturated heterocycles. The lowest BCUT2D eigenvalue weighted by atomic mass is 9.78. The number of nitrogens with zero attached hydrogens (tertiary/aromatic N) is 1. The molecule has 0 amide bonds. The lowest BCUT2D eigenvalue weighted by Gasteiger charge is -2.50. The average molecular weight is 266 g/mol. The molecule has 0 radical (unpaired) electrons. The molecule has 1 heterocycles. The lowest BCUT2D eigenvalue weighted by molar-refractivity contribution is 0.0380. The zero-order valence-corrected chi connectivity index (χ0v) is 13.8. The summed E-state index contributed by atoms with van der Waals surface area (Å²) < 4.78 is 0. The molecular weight excluding hydrogens is 232 g/mol. The van der Waals surface area contributed by atoms with Crippen LogP contribution in [-0.4, -0.2) is 36.1 Å². The van der Waals surface area contributed by atoms with Crippen LogP contribution in [0.1, 0.15) is 66.7 Å². The van der Waals surface area contributed by atoms with Crippen LogP contribution in [0.4, 0.5) is 0 Å². The second kappa shape index (κ2) is 5.73. The summed E-state index contributed by atoms with van der Waals surface area (Å²) >= 11 is 0. The van der Waals surface area contributed by atoms with Gasteiger partial charge in [0.2, 0.25) is 0 Å².